The lowest BCUT2D eigenvalue weighted by molar-refractivity contribution is -0.123. The van der Waals surface area contributed by atoms with Crippen LogP contribution in [0.5, 0.6) is 0 Å². The van der Waals surface area contributed by atoms with Crippen LogP contribution in [0.4, 0.5) is 5.69 Å². The van der Waals surface area contributed by atoms with E-state index in [-0.39, 0.29) is 24.9 Å². The summed E-state index contributed by atoms with van der Waals surface area (Å²) in [5.74, 6) is -0.667. The molecule has 0 saturated heterocycles. The highest BCUT2D eigenvalue weighted by molar-refractivity contribution is 5.94. The number of amides is 2. The van der Waals surface area contributed by atoms with Gasteiger partial charge in [-0.3, -0.25) is 9.59 Å². The van der Waals surface area contributed by atoms with E-state index in [9.17, 15) is 9.59 Å². The quantitative estimate of drug-likeness (QED) is 0.602. The highest BCUT2D eigenvalue weighted by atomic mass is 16.5. The van der Waals surface area contributed by atoms with Gasteiger partial charge in [-0.05, 0) is 29.7 Å². The third kappa shape index (κ3) is 7.15. The van der Waals surface area contributed by atoms with Crippen molar-refractivity contribution in [2.45, 2.75) is 13.0 Å². The first-order chi connectivity index (χ1) is 12.2. The van der Waals surface area contributed by atoms with Crippen molar-refractivity contribution in [1.82, 2.24) is 5.32 Å². The van der Waals surface area contributed by atoms with E-state index in [2.05, 4.69) is 22.8 Å². The first-order valence-corrected chi connectivity index (χ1v) is 8.14. The van der Waals surface area contributed by atoms with E-state index < -0.39 is 0 Å². The fourth-order valence-electron chi connectivity index (χ4n) is 2.22. The maximum absolute atomic E-state index is 11.8. The third-order valence-electron chi connectivity index (χ3n) is 3.49. The maximum Gasteiger partial charge on any atom is 0.243 e. The van der Waals surface area contributed by atoms with Gasteiger partial charge in [0.05, 0.1) is 26.3 Å². The Kier molecular flexibility index (Phi) is 7.62. The van der Waals surface area contributed by atoms with E-state index in [4.69, 9.17) is 10.5 Å². The van der Waals surface area contributed by atoms with Crippen LogP contribution >= 0.6 is 0 Å². The molecular formula is C19H23N3O3. The van der Waals surface area contributed by atoms with Crippen molar-refractivity contribution in [2.24, 2.45) is 5.73 Å². The van der Waals surface area contributed by atoms with Gasteiger partial charge >= 0.3 is 0 Å². The van der Waals surface area contributed by atoms with E-state index in [1.54, 1.807) is 6.07 Å². The van der Waals surface area contributed by atoms with Crippen molar-refractivity contribution in [3.63, 3.8) is 0 Å². The molecule has 0 aliphatic heterocycles. The molecule has 0 radical (unpaired) electrons. The summed E-state index contributed by atoms with van der Waals surface area (Å²) in [5, 5.41) is 5.15. The van der Waals surface area contributed by atoms with E-state index >= 15 is 0 Å². The van der Waals surface area contributed by atoms with Gasteiger partial charge in [-0.15, -0.1) is 0 Å². The first kappa shape index (κ1) is 18.6. The molecule has 0 unspecified atom stereocenters. The van der Waals surface area contributed by atoms with Crippen LogP contribution in [0, 0.1) is 0 Å². The number of benzene rings is 2. The Morgan fingerprint density at radius 3 is 2.48 bits per heavy atom. The van der Waals surface area contributed by atoms with Crippen molar-refractivity contribution in [3.05, 3.63) is 65.7 Å². The van der Waals surface area contributed by atoms with Gasteiger partial charge in [0.1, 0.15) is 0 Å². The molecule has 0 saturated carbocycles. The summed E-state index contributed by atoms with van der Waals surface area (Å²) in [6.07, 6.45) is 0.859. The number of carbonyl (C=O) groups is 2. The van der Waals surface area contributed by atoms with Gasteiger partial charge in [-0.1, -0.05) is 42.5 Å². The summed E-state index contributed by atoms with van der Waals surface area (Å²) in [5.41, 5.74) is 8.04. The summed E-state index contributed by atoms with van der Waals surface area (Å²) in [6.45, 7) is 0.864. The molecule has 0 heterocycles. The van der Waals surface area contributed by atoms with Crippen molar-refractivity contribution in [3.8, 4) is 0 Å². The van der Waals surface area contributed by atoms with Crippen LogP contribution in [0.1, 0.15) is 11.1 Å². The Hall–Kier alpha value is -2.70. The van der Waals surface area contributed by atoms with Crippen molar-refractivity contribution >= 4 is 17.5 Å². The fraction of sp³-hybridized carbons (Fsp3) is 0.263. The number of hydrogen-bond donors (Lipinski definition) is 3. The Morgan fingerprint density at radius 2 is 1.72 bits per heavy atom. The van der Waals surface area contributed by atoms with Gasteiger partial charge in [-0.25, -0.2) is 0 Å². The molecule has 132 valence electrons. The molecule has 0 fully saturated rings. The van der Waals surface area contributed by atoms with E-state index in [1.165, 1.54) is 5.56 Å². The molecule has 0 aliphatic carbocycles. The summed E-state index contributed by atoms with van der Waals surface area (Å²) in [6, 6.07) is 17.6. The topological polar surface area (TPSA) is 93.5 Å². The second-order valence-electron chi connectivity index (χ2n) is 5.52. The van der Waals surface area contributed by atoms with Crippen molar-refractivity contribution in [1.29, 1.82) is 0 Å². The molecule has 6 heteroatoms. The van der Waals surface area contributed by atoms with Crippen LogP contribution < -0.4 is 16.4 Å². The molecule has 2 aromatic rings. The Labute approximate surface area is 147 Å². The molecule has 2 amide bonds. The highest BCUT2D eigenvalue weighted by Crippen LogP contribution is 2.12. The maximum atomic E-state index is 11.8. The van der Waals surface area contributed by atoms with Gasteiger partial charge in [0.15, 0.2) is 0 Å². The summed E-state index contributed by atoms with van der Waals surface area (Å²) in [4.78, 5) is 22.8. The van der Waals surface area contributed by atoms with Crippen LogP contribution in [0.2, 0.25) is 0 Å². The van der Waals surface area contributed by atoms with Gasteiger partial charge in [0.2, 0.25) is 11.8 Å². The molecule has 0 atom stereocenters. The normalized spacial score (nSPS) is 10.3. The predicted molar refractivity (Wildman–Crippen MR) is 96.9 cm³/mol. The number of nitrogens with one attached hydrogen (secondary N) is 2. The Balaban J connectivity index is 1.74. The average Bonchev–Trinajstić information content (AvgIpc) is 2.64. The van der Waals surface area contributed by atoms with E-state index in [0.29, 0.717) is 18.9 Å². The third-order valence-corrected chi connectivity index (χ3v) is 3.49. The van der Waals surface area contributed by atoms with Gasteiger partial charge < -0.3 is 21.1 Å². The average molecular weight is 341 g/mol. The molecule has 2 rings (SSSR count). The minimum Gasteiger partial charge on any atom is -0.376 e. The number of anilines is 1. The van der Waals surface area contributed by atoms with Gasteiger partial charge in [0, 0.05) is 5.69 Å². The second-order valence-corrected chi connectivity index (χ2v) is 5.52. The molecule has 6 nitrogen and oxygen atoms in total. The number of ether oxygens (including phenoxy) is 1. The zero-order valence-electron chi connectivity index (χ0n) is 14.0. The minimum atomic E-state index is -0.365. The molecule has 0 aromatic heterocycles. The zero-order valence-corrected chi connectivity index (χ0v) is 14.0. The lowest BCUT2D eigenvalue weighted by atomic mass is 10.2. The smallest absolute Gasteiger partial charge is 0.243 e. The summed E-state index contributed by atoms with van der Waals surface area (Å²) in [7, 11) is 0. The van der Waals surface area contributed by atoms with Gasteiger partial charge in [0.25, 0.3) is 0 Å². The summed E-state index contributed by atoms with van der Waals surface area (Å²) >= 11 is 0. The SMILES string of the molecule is NCC(=O)NCC(=O)Nc1cccc(COCCc2ccccc2)c1. The predicted octanol–water partition coefficient (Wildman–Crippen LogP) is 1.46. The Bertz CT molecular complexity index is 689. The van der Waals surface area contributed by atoms with Crippen LogP contribution in [0.25, 0.3) is 0 Å². The van der Waals surface area contributed by atoms with Crippen LogP contribution in [0.15, 0.2) is 54.6 Å². The van der Waals surface area contributed by atoms with Crippen molar-refractivity contribution in [2.75, 3.05) is 25.0 Å². The van der Waals surface area contributed by atoms with E-state index in [0.717, 1.165) is 12.0 Å². The van der Waals surface area contributed by atoms with Crippen LogP contribution in [-0.2, 0) is 27.4 Å². The highest BCUT2D eigenvalue weighted by Gasteiger charge is 2.05. The second kappa shape index (κ2) is 10.2. The largest absolute Gasteiger partial charge is 0.376 e. The van der Waals surface area contributed by atoms with Crippen molar-refractivity contribution < 1.29 is 14.3 Å². The number of hydrogen-bond acceptors (Lipinski definition) is 4. The number of nitrogens with two attached hydrogens (primary N) is 1. The Morgan fingerprint density at radius 1 is 0.960 bits per heavy atom. The van der Waals surface area contributed by atoms with E-state index in [1.807, 2.05) is 36.4 Å². The first-order valence-electron chi connectivity index (χ1n) is 8.14. The molecule has 0 aliphatic rings. The lowest BCUT2D eigenvalue weighted by Crippen LogP contribution is -2.36. The fourth-order valence-corrected chi connectivity index (χ4v) is 2.22. The number of rotatable bonds is 9. The molecule has 4 N–H and O–H groups in total. The number of carbonyl (C=O) groups excluding carboxylic acids is 2. The molecule has 25 heavy (non-hydrogen) atoms. The molecule has 0 spiro atoms. The lowest BCUT2D eigenvalue weighted by Gasteiger charge is -2.09. The van der Waals surface area contributed by atoms with Crippen LogP contribution in [0.3, 0.4) is 0 Å². The molecular weight excluding hydrogens is 318 g/mol. The molecule has 0 bridgehead atoms. The minimum absolute atomic E-state index is 0.103. The van der Waals surface area contributed by atoms with Crippen LogP contribution in [-0.4, -0.2) is 31.5 Å². The zero-order chi connectivity index (χ0) is 17.9. The molecule has 2 aromatic carbocycles. The summed E-state index contributed by atoms with van der Waals surface area (Å²) < 4.78 is 5.69. The standard InChI is InChI=1S/C19H23N3O3/c20-12-18(23)21-13-19(24)22-17-8-4-7-16(11-17)14-25-10-9-15-5-2-1-3-6-15/h1-8,11H,9-10,12-14,20H2,(H,21,23)(H,22,24). The van der Waals surface area contributed by atoms with Gasteiger partial charge in [-0.2, -0.15) is 0 Å². The monoisotopic (exact) mass is 341 g/mol.